The zero-order chi connectivity index (χ0) is 22.2. The zero-order valence-corrected chi connectivity index (χ0v) is 18.6. The molecule has 1 amide bonds. The number of thiazole rings is 1. The highest BCUT2D eigenvalue weighted by Crippen LogP contribution is 2.16. The number of nitrogens with zero attached hydrogens (tertiary/aromatic N) is 3. The minimum Gasteiger partial charge on any atom is -0.487 e. The molecule has 2 aromatic carbocycles. The van der Waals surface area contributed by atoms with Gasteiger partial charge in [0.15, 0.2) is 0 Å². The minimum absolute atomic E-state index is 0.114. The van der Waals surface area contributed by atoms with Crippen LogP contribution in [0.5, 0.6) is 5.75 Å². The van der Waals surface area contributed by atoms with Gasteiger partial charge in [-0.15, -0.1) is 11.3 Å². The fraction of sp³-hybridized carbons (Fsp3) is 0.160. The maximum Gasteiger partial charge on any atom is 0.244 e. The number of aryl methyl sites for hydroxylation is 1. The SMILES string of the molecule is Cc1nc(COc2ccc(/C=C/C(=O)NCCc3ccc(-n4cccn4)cc3)cc2)cs1. The summed E-state index contributed by atoms with van der Waals surface area (Å²) in [5, 5.41) is 10.2. The molecule has 2 aromatic heterocycles. The minimum atomic E-state index is -0.114. The lowest BCUT2D eigenvalue weighted by Gasteiger charge is -2.05. The van der Waals surface area contributed by atoms with Gasteiger partial charge in [-0.1, -0.05) is 24.3 Å². The number of hydrogen-bond donors (Lipinski definition) is 1. The van der Waals surface area contributed by atoms with Gasteiger partial charge < -0.3 is 10.1 Å². The molecule has 4 aromatic rings. The van der Waals surface area contributed by atoms with Crippen molar-refractivity contribution in [3.05, 3.63) is 100 Å². The lowest BCUT2D eigenvalue weighted by molar-refractivity contribution is -0.116. The van der Waals surface area contributed by atoms with E-state index in [2.05, 4.69) is 27.5 Å². The van der Waals surface area contributed by atoms with Gasteiger partial charge in [0.25, 0.3) is 0 Å². The predicted octanol–water partition coefficient (Wildman–Crippen LogP) is 4.59. The number of ether oxygens (including phenoxy) is 1. The second-order valence-corrected chi connectivity index (χ2v) is 8.27. The third-order valence-electron chi connectivity index (χ3n) is 4.78. The van der Waals surface area contributed by atoms with Gasteiger partial charge in [0.2, 0.25) is 5.91 Å². The summed E-state index contributed by atoms with van der Waals surface area (Å²) in [6, 6.07) is 17.7. The maximum atomic E-state index is 12.1. The van der Waals surface area contributed by atoms with Crippen molar-refractivity contribution in [1.29, 1.82) is 0 Å². The number of amides is 1. The summed E-state index contributed by atoms with van der Waals surface area (Å²) in [5.41, 5.74) is 4.04. The van der Waals surface area contributed by atoms with Gasteiger partial charge in [0.1, 0.15) is 12.4 Å². The molecule has 32 heavy (non-hydrogen) atoms. The molecule has 0 saturated carbocycles. The molecule has 0 radical (unpaired) electrons. The molecule has 0 saturated heterocycles. The molecule has 0 atom stereocenters. The van der Waals surface area contributed by atoms with E-state index in [1.165, 1.54) is 0 Å². The van der Waals surface area contributed by atoms with Crippen LogP contribution >= 0.6 is 11.3 Å². The fourth-order valence-corrected chi connectivity index (χ4v) is 3.70. The molecule has 6 nitrogen and oxygen atoms in total. The van der Waals surface area contributed by atoms with Crippen LogP contribution < -0.4 is 10.1 Å². The first kappa shape index (κ1) is 21.5. The summed E-state index contributed by atoms with van der Waals surface area (Å²) in [6.07, 6.45) is 7.77. The predicted molar refractivity (Wildman–Crippen MR) is 127 cm³/mol. The number of carbonyl (C=O) groups excluding carboxylic acids is 1. The molecule has 4 rings (SSSR count). The highest BCUT2D eigenvalue weighted by atomic mass is 32.1. The van der Waals surface area contributed by atoms with Crippen LogP contribution in [0.25, 0.3) is 11.8 Å². The first-order valence-electron chi connectivity index (χ1n) is 10.3. The van der Waals surface area contributed by atoms with Gasteiger partial charge in [-0.3, -0.25) is 4.79 Å². The Morgan fingerprint density at radius 2 is 1.97 bits per heavy atom. The third-order valence-corrected chi connectivity index (χ3v) is 5.60. The van der Waals surface area contributed by atoms with E-state index in [9.17, 15) is 4.79 Å². The van der Waals surface area contributed by atoms with Gasteiger partial charge in [0, 0.05) is 30.4 Å². The molecule has 162 valence electrons. The number of carbonyl (C=O) groups is 1. The van der Waals surface area contributed by atoms with E-state index in [4.69, 9.17) is 4.74 Å². The molecular weight excluding hydrogens is 420 g/mol. The Labute approximate surface area is 191 Å². The van der Waals surface area contributed by atoms with Crippen LogP contribution in [0.1, 0.15) is 21.8 Å². The number of rotatable bonds is 9. The van der Waals surface area contributed by atoms with E-state index >= 15 is 0 Å². The van der Waals surface area contributed by atoms with Crippen molar-refractivity contribution in [2.75, 3.05) is 6.54 Å². The molecule has 0 bridgehead atoms. The van der Waals surface area contributed by atoms with Crippen LogP contribution in [-0.4, -0.2) is 27.2 Å². The topological polar surface area (TPSA) is 69.0 Å². The van der Waals surface area contributed by atoms with Gasteiger partial charge in [-0.05, 0) is 60.9 Å². The van der Waals surface area contributed by atoms with Crippen molar-refractivity contribution in [2.24, 2.45) is 0 Å². The second-order valence-electron chi connectivity index (χ2n) is 7.21. The Morgan fingerprint density at radius 3 is 2.66 bits per heavy atom. The summed E-state index contributed by atoms with van der Waals surface area (Å²) in [7, 11) is 0. The summed E-state index contributed by atoms with van der Waals surface area (Å²) in [4.78, 5) is 16.5. The van der Waals surface area contributed by atoms with Crippen molar-refractivity contribution in [3.63, 3.8) is 0 Å². The largest absolute Gasteiger partial charge is 0.487 e. The van der Waals surface area contributed by atoms with E-state index in [0.29, 0.717) is 13.2 Å². The van der Waals surface area contributed by atoms with Gasteiger partial charge in [-0.2, -0.15) is 5.10 Å². The molecule has 1 N–H and O–H groups in total. The lowest BCUT2D eigenvalue weighted by Crippen LogP contribution is -2.23. The van der Waals surface area contributed by atoms with E-state index in [1.807, 2.05) is 65.6 Å². The molecule has 0 fully saturated rings. The van der Waals surface area contributed by atoms with Crippen molar-refractivity contribution < 1.29 is 9.53 Å². The highest BCUT2D eigenvalue weighted by molar-refractivity contribution is 7.09. The molecular formula is C25H24N4O2S. The van der Waals surface area contributed by atoms with Gasteiger partial charge >= 0.3 is 0 Å². The summed E-state index contributed by atoms with van der Waals surface area (Å²) in [6.45, 7) is 3.01. The number of aromatic nitrogens is 3. The Hall–Kier alpha value is -3.71. The first-order chi connectivity index (χ1) is 15.7. The van der Waals surface area contributed by atoms with Crippen LogP contribution in [0.2, 0.25) is 0 Å². The van der Waals surface area contributed by atoms with Crippen LogP contribution in [-0.2, 0) is 17.8 Å². The number of nitrogens with one attached hydrogen (secondary N) is 1. The van der Waals surface area contributed by atoms with Gasteiger partial charge in [0.05, 0.1) is 16.4 Å². The number of hydrogen-bond acceptors (Lipinski definition) is 5. The van der Waals surface area contributed by atoms with Crippen LogP contribution in [0.3, 0.4) is 0 Å². The van der Waals surface area contributed by atoms with Gasteiger partial charge in [-0.25, -0.2) is 9.67 Å². The van der Waals surface area contributed by atoms with Crippen LogP contribution in [0.15, 0.2) is 78.4 Å². The van der Waals surface area contributed by atoms with E-state index < -0.39 is 0 Å². The normalized spacial score (nSPS) is 11.0. The lowest BCUT2D eigenvalue weighted by atomic mass is 10.1. The third kappa shape index (κ3) is 6.15. The maximum absolute atomic E-state index is 12.1. The summed E-state index contributed by atoms with van der Waals surface area (Å²) >= 11 is 1.61. The van der Waals surface area contributed by atoms with Crippen molar-refractivity contribution in [3.8, 4) is 11.4 Å². The Balaban J connectivity index is 1.19. The van der Waals surface area contributed by atoms with Crippen LogP contribution in [0, 0.1) is 6.92 Å². The molecule has 0 aliphatic carbocycles. The molecule has 0 aliphatic rings. The number of benzene rings is 2. The molecule has 0 unspecified atom stereocenters. The molecule has 2 heterocycles. The highest BCUT2D eigenvalue weighted by Gasteiger charge is 2.01. The average Bonchev–Trinajstić information content (AvgIpc) is 3.50. The molecule has 0 spiro atoms. The molecule has 7 heteroatoms. The Kier molecular flexibility index (Phi) is 7.09. The van der Waals surface area contributed by atoms with E-state index in [0.717, 1.165) is 39.7 Å². The average molecular weight is 445 g/mol. The fourth-order valence-electron chi connectivity index (χ4n) is 3.10. The Morgan fingerprint density at radius 1 is 1.16 bits per heavy atom. The second kappa shape index (κ2) is 10.5. The summed E-state index contributed by atoms with van der Waals surface area (Å²) < 4.78 is 7.56. The zero-order valence-electron chi connectivity index (χ0n) is 17.8. The van der Waals surface area contributed by atoms with E-state index in [-0.39, 0.29) is 5.91 Å². The Bertz CT molecular complexity index is 1160. The first-order valence-corrected chi connectivity index (χ1v) is 11.2. The van der Waals surface area contributed by atoms with Crippen molar-refractivity contribution in [1.82, 2.24) is 20.1 Å². The smallest absolute Gasteiger partial charge is 0.244 e. The molecule has 0 aliphatic heterocycles. The quantitative estimate of drug-likeness (QED) is 0.384. The summed E-state index contributed by atoms with van der Waals surface area (Å²) in [5.74, 6) is 0.660. The van der Waals surface area contributed by atoms with Crippen LogP contribution in [0.4, 0.5) is 0 Å². The van der Waals surface area contributed by atoms with Crippen molar-refractivity contribution in [2.45, 2.75) is 20.0 Å². The monoisotopic (exact) mass is 444 g/mol. The van der Waals surface area contributed by atoms with E-state index in [1.54, 1.807) is 29.7 Å². The van der Waals surface area contributed by atoms with Crippen molar-refractivity contribution >= 4 is 23.3 Å². The standard InChI is InChI=1S/C25H24N4O2S/c1-19-28-22(18-32-19)17-31-24-10-5-20(6-11-24)7-12-25(30)26-15-13-21-3-8-23(9-4-21)29-16-2-14-27-29/h2-12,14,16,18H,13,15,17H2,1H3,(H,26,30)/b12-7+.